The minimum atomic E-state index is 0.211. The summed E-state index contributed by atoms with van der Waals surface area (Å²) in [5.41, 5.74) is 6.62. The van der Waals surface area contributed by atoms with Crippen molar-refractivity contribution in [1.82, 2.24) is 5.32 Å². The highest BCUT2D eigenvalue weighted by molar-refractivity contribution is 5.52. The smallest absolute Gasteiger partial charge is 0.161 e. The van der Waals surface area contributed by atoms with Crippen LogP contribution < -0.4 is 14.8 Å². The summed E-state index contributed by atoms with van der Waals surface area (Å²) in [6.07, 6.45) is 1.02. The molecule has 1 aliphatic heterocycles. The van der Waals surface area contributed by atoms with Crippen molar-refractivity contribution in [3.63, 3.8) is 0 Å². The van der Waals surface area contributed by atoms with Gasteiger partial charge < -0.3 is 14.8 Å². The molecule has 1 N–H and O–H groups in total. The first-order chi connectivity index (χ1) is 11.6. The highest BCUT2D eigenvalue weighted by atomic mass is 16.5. The lowest BCUT2D eigenvalue weighted by Crippen LogP contribution is -2.30. The molecule has 1 atom stereocenters. The fourth-order valence-corrected chi connectivity index (χ4v) is 3.34. The Bertz CT molecular complexity index is 724. The normalized spacial score (nSPS) is 16.6. The number of hydrogen-bond donors (Lipinski definition) is 1. The molecule has 24 heavy (non-hydrogen) atoms. The van der Waals surface area contributed by atoms with E-state index in [1.807, 2.05) is 13.8 Å². The predicted octanol–water partition coefficient (Wildman–Crippen LogP) is 4.34. The topological polar surface area (TPSA) is 30.5 Å². The van der Waals surface area contributed by atoms with Crippen LogP contribution in [0.1, 0.15) is 47.7 Å². The molecular weight excluding hydrogens is 298 g/mol. The molecule has 2 aromatic carbocycles. The average molecular weight is 325 g/mol. The van der Waals surface area contributed by atoms with Gasteiger partial charge in [0.1, 0.15) is 0 Å². The van der Waals surface area contributed by atoms with Gasteiger partial charge in [-0.3, -0.25) is 0 Å². The van der Waals surface area contributed by atoms with E-state index in [1.165, 1.54) is 27.8 Å². The molecule has 0 spiro atoms. The van der Waals surface area contributed by atoms with Crippen molar-refractivity contribution >= 4 is 0 Å². The maximum atomic E-state index is 5.83. The lowest BCUT2D eigenvalue weighted by Gasteiger charge is -2.29. The van der Waals surface area contributed by atoms with Crippen molar-refractivity contribution < 1.29 is 9.47 Å². The van der Waals surface area contributed by atoms with Gasteiger partial charge in [0.2, 0.25) is 0 Å². The first-order valence-electron chi connectivity index (χ1n) is 8.87. The van der Waals surface area contributed by atoms with Gasteiger partial charge in [-0.25, -0.2) is 0 Å². The second-order valence-electron chi connectivity index (χ2n) is 6.34. The number of ether oxygens (including phenoxy) is 2. The van der Waals surface area contributed by atoms with Gasteiger partial charge in [0.15, 0.2) is 11.5 Å². The molecule has 128 valence electrons. The fraction of sp³-hybridized carbons (Fsp3) is 0.429. The summed E-state index contributed by atoms with van der Waals surface area (Å²) in [6, 6.07) is 11.3. The predicted molar refractivity (Wildman–Crippen MR) is 98.2 cm³/mol. The van der Waals surface area contributed by atoms with Gasteiger partial charge in [-0.1, -0.05) is 18.2 Å². The summed E-state index contributed by atoms with van der Waals surface area (Å²) in [5, 5.41) is 3.66. The summed E-state index contributed by atoms with van der Waals surface area (Å²) in [7, 11) is 0. The Labute approximate surface area is 145 Å². The molecule has 1 heterocycles. The van der Waals surface area contributed by atoms with E-state index in [2.05, 4.69) is 49.5 Å². The standard InChI is InChI=1S/C21H27NO2/c1-5-23-19-12-16-9-10-22-21(18(16)13-20(19)24-6-2)17-8-7-14(3)15(4)11-17/h7-8,11-13,21-22H,5-6,9-10H2,1-4H3/t21-/m1/s1. The third kappa shape index (κ3) is 3.27. The lowest BCUT2D eigenvalue weighted by molar-refractivity contribution is 0.286. The minimum absolute atomic E-state index is 0.211. The summed E-state index contributed by atoms with van der Waals surface area (Å²) in [5.74, 6) is 1.70. The van der Waals surface area contributed by atoms with Crippen molar-refractivity contribution in [3.05, 3.63) is 58.1 Å². The zero-order chi connectivity index (χ0) is 17.1. The zero-order valence-electron chi connectivity index (χ0n) is 15.1. The maximum absolute atomic E-state index is 5.83. The number of nitrogens with one attached hydrogen (secondary N) is 1. The monoisotopic (exact) mass is 325 g/mol. The first-order valence-corrected chi connectivity index (χ1v) is 8.87. The molecule has 0 radical (unpaired) electrons. The molecule has 0 aromatic heterocycles. The van der Waals surface area contributed by atoms with Gasteiger partial charge >= 0.3 is 0 Å². The third-order valence-electron chi connectivity index (χ3n) is 4.72. The molecule has 0 saturated carbocycles. The molecule has 0 fully saturated rings. The summed E-state index contributed by atoms with van der Waals surface area (Å²) < 4.78 is 11.6. The van der Waals surface area contributed by atoms with Crippen LogP contribution in [0, 0.1) is 13.8 Å². The second kappa shape index (κ2) is 7.27. The molecule has 0 aliphatic carbocycles. The molecule has 3 rings (SSSR count). The van der Waals surface area contributed by atoms with Crippen molar-refractivity contribution in [2.45, 2.75) is 40.2 Å². The van der Waals surface area contributed by atoms with Crippen LogP contribution in [0.4, 0.5) is 0 Å². The fourth-order valence-electron chi connectivity index (χ4n) is 3.34. The third-order valence-corrected chi connectivity index (χ3v) is 4.72. The highest BCUT2D eigenvalue weighted by Crippen LogP contribution is 2.38. The Morgan fingerprint density at radius 3 is 2.33 bits per heavy atom. The van der Waals surface area contributed by atoms with E-state index < -0.39 is 0 Å². The van der Waals surface area contributed by atoms with Crippen molar-refractivity contribution in [2.75, 3.05) is 19.8 Å². The number of benzene rings is 2. The van der Waals surface area contributed by atoms with Crippen molar-refractivity contribution in [3.8, 4) is 11.5 Å². The van der Waals surface area contributed by atoms with Crippen LogP contribution >= 0.6 is 0 Å². The largest absolute Gasteiger partial charge is 0.490 e. The van der Waals surface area contributed by atoms with Crippen molar-refractivity contribution in [2.24, 2.45) is 0 Å². The van der Waals surface area contributed by atoms with Crippen LogP contribution in [0.5, 0.6) is 11.5 Å². The number of aryl methyl sites for hydroxylation is 2. The molecule has 3 heteroatoms. The van der Waals surface area contributed by atoms with E-state index in [4.69, 9.17) is 9.47 Å². The molecule has 2 aromatic rings. The number of hydrogen-bond acceptors (Lipinski definition) is 3. The summed E-state index contributed by atoms with van der Waals surface area (Å²) >= 11 is 0. The molecule has 0 unspecified atom stereocenters. The summed E-state index contributed by atoms with van der Waals surface area (Å²) in [6.45, 7) is 10.6. The quantitative estimate of drug-likeness (QED) is 0.887. The van der Waals surface area contributed by atoms with Gasteiger partial charge in [0.05, 0.1) is 19.3 Å². The Kier molecular flexibility index (Phi) is 5.10. The van der Waals surface area contributed by atoms with Crippen LogP contribution in [0.25, 0.3) is 0 Å². The van der Waals surface area contributed by atoms with Gasteiger partial charge in [-0.15, -0.1) is 0 Å². The Morgan fingerprint density at radius 2 is 1.67 bits per heavy atom. The molecule has 0 amide bonds. The van der Waals surface area contributed by atoms with E-state index >= 15 is 0 Å². The van der Waals surface area contributed by atoms with Gasteiger partial charge in [-0.05, 0) is 74.1 Å². The van der Waals surface area contributed by atoms with Crippen LogP contribution in [0.2, 0.25) is 0 Å². The van der Waals surface area contributed by atoms with Crippen LogP contribution in [0.15, 0.2) is 30.3 Å². The van der Waals surface area contributed by atoms with Gasteiger partial charge in [0, 0.05) is 6.54 Å². The summed E-state index contributed by atoms with van der Waals surface area (Å²) in [4.78, 5) is 0. The van der Waals surface area contributed by atoms with E-state index in [9.17, 15) is 0 Å². The molecule has 3 nitrogen and oxygen atoms in total. The molecule has 1 aliphatic rings. The van der Waals surface area contributed by atoms with Crippen LogP contribution in [-0.2, 0) is 6.42 Å². The van der Waals surface area contributed by atoms with Gasteiger partial charge in [0.25, 0.3) is 0 Å². The second-order valence-corrected chi connectivity index (χ2v) is 6.34. The first kappa shape index (κ1) is 16.8. The highest BCUT2D eigenvalue weighted by Gasteiger charge is 2.24. The van der Waals surface area contributed by atoms with Crippen LogP contribution in [0.3, 0.4) is 0 Å². The molecule has 0 bridgehead atoms. The van der Waals surface area contributed by atoms with Gasteiger partial charge in [-0.2, -0.15) is 0 Å². The van der Waals surface area contributed by atoms with E-state index in [0.717, 1.165) is 24.5 Å². The number of rotatable bonds is 5. The lowest BCUT2D eigenvalue weighted by atomic mass is 9.88. The molecular formula is C21H27NO2. The van der Waals surface area contributed by atoms with Crippen molar-refractivity contribution in [1.29, 1.82) is 0 Å². The van der Waals surface area contributed by atoms with E-state index in [0.29, 0.717) is 13.2 Å². The maximum Gasteiger partial charge on any atom is 0.161 e. The Hall–Kier alpha value is -2.00. The zero-order valence-corrected chi connectivity index (χ0v) is 15.1. The Morgan fingerprint density at radius 1 is 0.958 bits per heavy atom. The Balaban J connectivity index is 2.05. The SMILES string of the molecule is CCOc1cc2c(cc1OCC)[C@@H](c1ccc(C)c(C)c1)NCC2. The minimum Gasteiger partial charge on any atom is -0.490 e. The molecule has 0 saturated heterocycles. The van der Waals surface area contributed by atoms with E-state index in [-0.39, 0.29) is 6.04 Å². The van der Waals surface area contributed by atoms with E-state index in [1.54, 1.807) is 0 Å². The average Bonchev–Trinajstić information content (AvgIpc) is 2.58. The van der Waals surface area contributed by atoms with Crippen LogP contribution in [-0.4, -0.2) is 19.8 Å². The number of fused-ring (bicyclic) bond motifs is 1.